The van der Waals surface area contributed by atoms with Crippen LogP contribution in [0.25, 0.3) is 10.9 Å². The molecule has 0 amide bonds. The lowest BCUT2D eigenvalue weighted by Crippen LogP contribution is -2.27. The molecule has 2 aromatic carbocycles. The molecule has 1 aromatic heterocycles. The van der Waals surface area contributed by atoms with Gasteiger partial charge in [0.05, 0.1) is 19.3 Å². The maximum atomic E-state index is 12.6. The highest BCUT2D eigenvalue weighted by molar-refractivity contribution is 6.31. The van der Waals surface area contributed by atoms with E-state index >= 15 is 0 Å². The number of benzene rings is 2. The van der Waals surface area contributed by atoms with Crippen molar-refractivity contribution >= 4 is 28.5 Å². The molecule has 3 rings (SSSR count). The molecule has 0 unspecified atom stereocenters. The number of fused-ring (bicyclic) bond motifs is 1. The second kappa shape index (κ2) is 8.36. The second-order valence-electron chi connectivity index (χ2n) is 5.81. The SMILES string of the molecule is CCOC(=O)c1[nH]c2ccccc2c1[C@@H](NCCO)c1ccccc1Cl. The number of rotatable bonds is 7. The summed E-state index contributed by atoms with van der Waals surface area (Å²) in [5.74, 6) is -0.415. The Hall–Kier alpha value is -2.34. The van der Waals surface area contributed by atoms with E-state index in [1.807, 2.05) is 48.5 Å². The van der Waals surface area contributed by atoms with Crippen LogP contribution in [0.4, 0.5) is 0 Å². The molecule has 5 nitrogen and oxygen atoms in total. The van der Waals surface area contributed by atoms with Crippen LogP contribution < -0.4 is 5.32 Å². The number of H-pyrrole nitrogens is 1. The monoisotopic (exact) mass is 372 g/mol. The van der Waals surface area contributed by atoms with Crippen LogP contribution in [0.3, 0.4) is 0 Å². The fraction of sp³-hybridized carbons (Fsp3) is 0.250. The number of nitrogens with one attached hydrogen (secondary N) is 2. The van der Waals surface area contributed by atoms with Crippen LogP contribution in [0.2, 0.25) is 5.02 Å². The molecule has 0 aliphatic rings. The summed E-state index contributed by atoms with van der Waals surface area (Å²) in [6.45, 7) is 2.39. The van der Waals surface area contributed by atoms with E-state index in [0.29, 0.717) is 17.3 Å². The number of aromatic amines is 1. The van der Waals surface area contributed by atoms with Gasteiger partial charge in [-0.05, 0) is 24.6 Å². The van der Waals surface area contributed by atoms with E-state index in [0.717, 1.165) is 22.0 Å². The number of aliphatic hydroxyl groups is 1. The molecule has 0 bridgehead atoms. The molecule has 0 aliphatic carbocycles. The van der Waals surface area contributed by atoms with Crippen molar-refractivity contribution in [3.63, 3.8) is 0 Å². The minimum atomic E-state index is -0.415. The van der Waals surface area contributed by atoms with E-state index in [-0.39, 0.29) is 19.3 Å². The van der Waals surface area contributed by atoms with Gasteiger partial charge in [0.1, 0.15) is 5.69 Å². The topological polar surface area (TPSA) is 74.4 Å². The van der Waals surface area contributed by atoms with Gasteiger partial charge < -0.3 is 20.1 Å². The Balaban J connectivity index is 2.22. The van der Waals surface area contributed by atoms with Crippen molar-refractivity contribution in [2.24, 2.45) is 0 Å². The lowest BCUT2D eigenvalue weighted by atomic mass is 9.95. The van der Waals surface area contributed by atoms with Crippen LogP contribution in [0.5, 0.6) is 0 Å². The molecule has 0 fully saturated rings. The minimum absolute atomic E-state index is 0.0297. The predicted molar refractivity (Wildman–Crippen MR) is 103 cm³/mol. The van der Waals surface area contributed by atoms with Crippen LogP contribution in [0.15, 0.2) is 48.5 Å². The number of ether oxygens (including phenoxy) is 1. The Labute approximate surface area is 156 Å². The molecule has 1 atom stereocenters. The number of carbonyl (C=O) groups excluding carboxylic acids is 1. The summed E-state index contributed by atoms with van der Waals surface area (Å²) < 4.78 is 5.24. The summed E-state index contributed by atoms with van der Waals surface area (Å²) in [5, 5.41) is 14.1. The molecule has 0 spiro atoms. The third-order valence-corrected chi connectivity index (χ3v) is 4.54. The highest BCUT2D eigenvalue weighted by Gasteiger charge is 2.27. The van der Waals surface area contributed by atoms with E-state index in [4.69, 9.17) is 16.3 Å². The van der Waals surface area contributed by atoms with Crippen molar-refractivity contribution in [2.75, 3.05) is 19.8 Å². The lowest BCUT2D eigenvalue weighted by Gasteiger charge is -2.21. The van der Waals surface area contributed by atoms with Crippen LogP contribution >= 0.6 is 11.6 Å². The molecule has 136 valence electrons. The summed E-state index contributed by atoms with van der Waals surface area (Å²) in [5.41, 5.74) is 2.83. The number of aliphatic hydroxyl groups excluding tert-OH is 1. The van der Waals surface area contributed by atoms with Crippen molar-refractivity contribution in [3.8, 4) is 0 Å². The Morgan fingerprint density at radius 1 is 1.23 bits per heavy atom. The van der Waals surface area contributed by atoms with E-state index in [2.05, 4.69) is 10.3 Å². The van der Waals surface area contributed by atoms with E-state index in [1.54, 1.807) is 6.92 Å². The number of esters is 1. The highest BCUT2D eigenvalue weighted by atomic mass is 35.5. The molecule has 0 aliphatic heterocycles. The average molecular weight is 373 g/mol. The number of hydrogen-bond donors (Lipinski definition) is 3. The van der Waals surface area contributed by atoms with Crippen molar-refractivity contribution in [1.29, 1.82) is 0 Å². The summed E-state index contributed by atoms with van der Waals surface area (Å²) in [4.78, 5) is 15.7. The smallest absolute Gasteiger partial charge is 0.355 e. The third kappa shape index (κ3) is 3.60. The Morgan fingerprint density at radius 2 is 1.96 bits per heavy atom. The van der Waals surface area contributed by atoms with E-state index in [1.165, 1.54) is 0 Å². The Morgan fingerprint density at radius 3 is 2.69 bits per heavy atom. The fourth-order valence-corrected chi connectivity index (χ4v) is 3.36. The Bertz CT molecular complexity index is 907. The first-order valence-corrected chi connectivity index (χ1v) is 8.91. The molecule has 6 heteroatoms. The first-order valence-electron chi connectivity index (χ1n) is 8.53. The molecule has 26 heavy (non-hydrogen) atoms. The molecular formula is C20H21ClN2O3. The molecule has 0 saturated heterocycles. The van der Waals surface area contributed by atoms with Crippen LogP contribution in [0.1, 0.15) is 34.6 Å². The van der Waals surface area contributed by atoms with Gasteiger partial charge in [0, 0.05) is 28.0 Å². The van der Waals surface area contributed by atoms with Crippen molar-refractivity contribution in [2.45, 2.75) is 13.0 Å². The van der Waals surface area contributed by atoms with Gasteiger partial charge in [-0.2, -0.15) is 0 Å². The zero-order valence-electron chi connectivity index (χ0n) is 14.5. The standard InChI is InChI=1S/C20H21ClN2O3/c1-2-26-20(25)19-17(14-8-4-6-10-16(14)23-19)18(22-11-12-24)13-7-3-5-9-15(13)21/h3-10,18,22-24H,2,11-12H2,1H3/t18-/m0/s1. The number of para-hydroxylation sites is 1. The third-order valence-electron chi connectivity index (χ3n) is 4.19. The molecule has 3 N–H and O–H groups in total. The Kier molecular flexibility index (Phi) is 5.93. The van der Waals surface area contributed by atoms with Gasteiger partial charge in [-0.15, -0.1) is 0 Å². The van der Waals surface area contributed by atoms with Gasteiger partial charge in [0.15, 0.2) is 0 Å². The van der Waals surface area contributed by atoms with Crippen LogP contribution in [-0.2, 0) is 4.74 Å². The van der Waals surface area contributed by atoms with Gasteiger partial charge in [-0.3, -0.25) is 0 Å². The zero-order chi connectivity index (χ0) is 18.5. The second-order valence-corrected chi connectivity index (χ2v) is 6.22. The van der Waals surface area contributed by atoms with Crippen molar-refractivity contribution in [1.82, 2.24) is 10.3 Å². The largest absolute Gasteiger partial charge is 0.461 e. The van der Waals surface area contributed by atoms with E-state index < -0.39 is 5.97 Å². The lowest BCUT2D eigenvalue weighted by molar-refractivity contribution is 0.0518. The normalized spacial score (nSPS) is 12.3. The van der Waals surface area contributed by atoms with Gasteiger partial charge in [0.25, 0.3) is 0 Å². The van der Waals surface area contributed by atoms with E-state index in [9.17, 15) is 9.90 Å². The number of aromatic nitrogens is 1. The zero-order valence-corrected chi connectivity index (χ0v) is 15.2. The predicted octanol–water partition coefficient (Wildman–Crippen LogP) is 3.67. The average Bonchev–Trinajstić information content (AvgIpc) is 3.03. The van der Waals surface area contributed by atoms with Crippen molar-refractivity contribution < 1.29 is 14.6 Å². The first-order chi connectivity index (χ1) is 12.7. The molecule has 0 saturated carbocycles. The quantitative estimate of drug-likeness (QED) is 0.553. The molecule has 1 heterocycles. The van der Waals surface area contributed by atoms with Crippen LogP contribution in [-0.4, -0.2) is 35.8 Å². The number of hydrogen-bond acceptors (Lipinski definition) is 4. The van der Waals surface area contributed by atoms with Gasteiger partial charge in [-0.1, -0.05) is 48.0 Å². The summed E-state index contributed by atoms with van der Waals surface area (Å²) in [7, 11) is 0. The number of carbonyl (C=O) groups is 1. The van der Waals surface area contributed by atoms with Gasteiger partial charge in [0.2, 0.25) is 0 Å². The molecular weight excluding hydrogens is 352 g/mol. The summed E-state index contributed by atoms with van der Waals surface area (Å²) in [6, 6.07) is 14.8. The fourth-order valence-electron chi connectivity index (χ4n) is 3.11. The van der Waals surface area contributed by atoms with Gasteiger partial charge in [-0.25, -0.2) is 4.79 Å². The summed E-state index contributed by atoms with van der Waals surface area (Å²) >= 11 is 6.43. The first kappa shape index (κ1) is 18.5. The van der Waals surface area contributed by atoms with Crippen molar-refractivity contribution in [3.05, 3.63) is 70.4 Å². The molecule has 0 radical (unpaired) electrons. The minimum Gasteiger partial charge on any atom is -0.461 e. The maximum absolute atomic E-state index is 12.6. The maximum Gasteiger partial charge on any atom is 0.355 e. The number of halogens is 1. The highest BCUT2D eigenvalue weighted by Crippen LogP contribution is 2.35. The van der Waals surface area contributed by atoms with Crippen LogP contribution in [0, 0.1) is 0 Å². The molecule has 3 aromatic rings. The summed E-state index contributed by atoms with van der Waals surface area (Å²) in [6.07, 6.45) is 0. The van der Waals surface area contributed by atoms with Gasteiger partial charge >= 0.3 is 5.97 Å².